The highest BCUT2D eigenvalue weighted by Crippen LogP contribution is 2.20. The Hall–Kier alpha value is -1.57. The molecule has 0 aromatic heterocycles. The summed E-state index contributed by atoms with van der Waals surface area (Å²) in [5.41, 5.74) is 2.10. The van der Waals surface area contributed by atoms with Crippen LogP contribution in [0.15, 0.2) is 42.7 Å². The quantitative estimate of drug-likeness (QED) is 0.534. The minimum Gasteiger partial charge on any atom is -0.495 e. The molecular formula is C14H17FO. The van der Waals surface area contributed by atoms with Crippen molar-refractivity contribution in [2.45, 2.75) is 20.3 Å². The lowest BCUT2D eigenvalue weighted by molar-refractivity contribution is 0.244. The van der Waals surface area contributed by atoms with E-state index in [9.17, 15) is 4.39 Å². The summed E-state index contributed by atoms with van der Waals surface area (Å²) in [5, 5.41) is 0. The smallest absolute Gasteiger partial charge is 0.123 e. The summed E-state index contributed by atoms with van der Waals surface area (Å²) < 4.78 is 18.1. The number of benzene rings is 1. The number of hydrogen-bond donors (Lipinski definition) is 0. The SMILES string of the molecule is C=C(/C=C(\CC)c1ccc(F)cc1)OCC. The van der Waals surface area contributed by atoms with Gasteiger partial charge in [-0.1, -0.05) is 25.6 Å². The predicted octanol–water partition coefficient (Wildman–Crippen LogP) is 4.17. The Morgan fingerprint density at radius 3 is 2.44 bits per heavy atom. The predicted molar refractivity (Wildman–Crippen MR) is 65.4 cm³/mol. The second-order valence-electron chi connectivity index (χ2n) is 3.43. The van der Waals surface area contributed by atoms with Crippen LogP contribution < -0.4 is 0 Å². The van der Waals surface area contributed by atoms with Crippen LogP contribution in [0.25, 0.3) is 5.57 Å². The van der Waals surface area contributed by atoms with Crippen molar-refractivity contribution in [2.75, 3.05) is 6.61 Å². The first-order valence-electron chi connectivity index (χ1n) is 5.45. The van der Waals surface area contributed by atoms with Gasteiger partial charge in [0.2, 0.25) is 0 Å². The molecule has 0 unspecified atom stereocenters. The van der Waals surface area contributed by atoms with Gasteiger partial charge in [-0.25, -0.2) is 4.39 Å². The number of rotatable bonds is 5. The van der Waals surface area contributed by atoms with Crippen LogP contribution in [0.3, 0.4) is 0 Å². The zero-order valence-electron chi connectivity index (χ0n) is 9.79. The van der Waals surface area contributed by atoms with E-state index in [0.717, 1.165) is 17.6 Å². The molecule has 0 amide bonds. The molecule has 1 aromatic carbocycles. The van der Waals surface area contributed by atoms with Crippen LogP contribution in [0.2, 0.25) is 0 Å². The molecule has 0 aliphatic rings. The molecule has 0 bridgehead atoms. The fourth-order valence-electron chi connectivity index (χ4n) is 1.47. The van der Waals surface area contributed by atoms with Crippen LogP contribution in [0.5, 0.6) is 0 Å². The molecule has 0 aliphatic carbocycles. The van der Waals surface area contributed by atoms with Crippen molar-refractivity contribution in [3.63, 3.8) is 0 Å². The van der Waals surface area contributed by atoms with Crippen molar-refractivity contribution in [3.8, 4) is 0 Å². The molecule has 0 N–H and O–H groups in total. The minimum atomic E-state index is -0.220. The van der Waals surface area contributed by atoms with Crippen LogP contribution in [0, 0.1) is 5.82 Å². The maximum absolute atomic E-state index is 12.8. The summed E-state index contributed by atoms with van der Waals surface area (Å²) in [6.45, 7) is 8.38. The molecule has 0 spiro atoms. The normalized spacial score (nSPS) is 11.3. The average Bonchev–Trinajstić information content (AvgIpc) is 2.27. The second-order valence-corrected chi connectivity index (χ2v) is 3.43. The van der Waals surface area contributed by atoms with Crippen molar-refractivity contribution in [3.05, 3.63) is 54.1 Å². The molecule has 1 rings (SSSR count). The maximum atomic E-state index is 12.8. The van der Waals surface area contributed by atoms with Gasteiger partial charge in [-0.3, -0.25) is 0 Å². The molecule has 1 aromatic rings. The molecule has 16 heavy (non-hydrogen) atoms. The van der Waals surface area contributed by atoms with E-state index >= 15 is 0 Å². The zero-order valence-corrected chi connectivity index (χ0v) is 9.79. The highest BCUT2D eigenvalue weighted by Gasteiger charge is 2.00. The molecule has 0 saturated heterocycles. The third-order valence-corrected chi connectivity index (χ3v) is 2.26. The Kier molecular flexibility index (Phi) is 4.77. The number of hydrogen-bond acceptors (Lipinski definition) is 1. The van der Waals surface area contributed by atoms with E-state index in [1.54, 1.807) is 12.1 Å². The molecule has 0 fully saturated rings. The van der Waals surface area contributed by atoms with Gasteiger partial charge in [-0.05, 0) is 42.7 Å². The molecule has 0 radical (unpaired) electrons. The molecule has 2 heteroatoms. The monoisotopic (exact) mass is 220 g/mol. The molecule has 0 saturated carbocycles. The van der Waals surface area contributed by atoms with Crippen LogP contribution in [0.4, 0.5) is 4.39 Å². The largest absolute Gasteiger partial charge is 0.495 e. The molecule has 86 valence electrons. The van der Waals surface area contributed by atoms with Gasteiger partial charge < -0.3 is 4.74 Å². The Morgan fingerprint density at radius 1 is 1.31 bits per heavy atom. The van der Waals surface area contributed by atoms with Crippen LogP contribution in [0.1, 0.15) is 25.8 Å². The first-order chi connectivity index (χ1) is 7.67. The van der Waals surface area contributed by atoms with Crippen molar-refractivity contribution in [1.29, 1.82) is 0 Å². The molecule has 0 heterocycles. The summed E-state index contributed by atoms with van der Waals surface area (Å²) in [6.07, 6.45) is 2.76. The summed E-state index contributed by atoms with van der Waals surface area (Å²) in [7, 11) is 0. The van der Waals surface area contributed by atoms with E-state index < -0.39 is 0 Å². The highest BCUT2D eigenvalue weighted by molar-refractivity contribution is 5.67. The van der Waals surface area contributed by atoms with E-state index in [2.05, 4.69) is 13.5 Å². The molecule has 1 nitrogen and oxygen atoms in total. The average molecular weight is 220 g/mol. The van der Waals surface area contributed by atoms with Crippen molar-refractivity contribution < 1.29 is 9.13 Å². The molecule has 0 atom stereocenters. The fraction of sp³-hybridized carbons (Fsp3) is 0.286. The lowest BCUT2D eigenvalue weighted by Gasteiger charge is -2.07. The lowest BCUT2D eigenvalue weighted by Crippen LogP contribution is -1.89. The van der Waals surface area contributed by atoms with Gasteiger partial charge in [0.1, 0.15) is 11.6 Å². The molecule has 0 aliphatic heterocycles. The van der Waals surface area contributed by atoms with E-state index in [4.69, 9.17) is 4.74 Å². The van der Waals surface area contributed by atoms with Gasteiger partial charge in [-0.15, -0.1) is 0 Å². The Bertz CT molecular complexity index is 376. The van der Waals surface area contributed by atoms with Gasteiger partial charge in [-0.2, -0.15) is 0 Å². The number of ether oxygens (including phenoxy) is 1. The summed E-state index contributed by atoms with van der Waals surface area (Å²) in [5.74, 6) is 0.423. The first kappa shape index (κ1) is 12.5. The van der Waals surface area contributed by atoms with E-state index in [1.807, 2.05) is 13.0 Å². The van der Waals surface area contributed by atoms with Crippen molar-refractivity contribution >= 4 is 5.57 Å². The van der Waals surface area contributed by atoms with Crippen molar-refractivity contribution in [1.82, 2.24) is 0 Å². The fourth-order valence-corrected chi connectivity index (χ4v) is 1.47. The second kappa shape index (κ2) is 6.11. The maximum Gasteiger partial charge on any atom is 0.123 e. The van der Waals surface area contributed by atoms with Gasteiger partial charge in [0, 0.05) is 0 Å². The van der Waals surface area contributed by atoms with Crippen molar-refractivity contribution in [2.24, 2.45) is 0 Å². The topological polar surface area (TPSA) is 9.23 Å². The van der Waals surface area contributed by atoms with E-state index in [-0.39, 0.29) is 5.82 Å². The number of allylic oxidation sites excluding steroid dienone is 2. The van der Waals surface area contributed by atoms with Gasteiger partial charge in [0.25, 0.3) is 0 Å². The summed E-state index contributed by atoms with van der Waals surface area (Å²) >= 11 is 0. The molecular weight excluding hydrogens is 203 g/mol. The zero-order chi connectivity index (χ0) is 12.0. The highest BCUT2D eigenvalue weighted by atomic mass is 19.1. The number of halogens is 1. The van der Waals surface area contributed by atoms with Gasteiger partial charge in [0.15, 0.2) is 0 Å². The Morgan fingerprint density at radius 2 is 1.94 bits per heavy atom. The lowest BCUT2D eigenvalue weighted by atomic mass is 10.0. The minimum absolute atomic E-state index is 0.220. The van der Waals surface area contributed by atoms with E-state index in [0.29, 0.717) is 12.4 Å². The van der Waals surface area contributed by atoms with Crippen LogP contribution in [-0.4, -0.2) is 6.61 Å². The first-order valence-corrected chi connectivity index (χ1v) is 5.45. The summed E-state index contributed by atoms with van der Waals surface area (Å²) in [4.78, 5) is 0. The van der Waals surface area contributed by atoms with E-state index in [1.165, 1.54) is 12.1 Å². The third-order valence-electron chi connectivity index (χ3n) is 2.26. The van der Waals surface area contributed by atoms with Gasteiger partial charge in [0.05, 0.1) is 6.61 Å². The Labute approximate surface area is 96.3 Å². The van der Waals surface area contributed by atoms with Gasteiger partial charge >= 0.3 is 0 Å². The van der Waals surface area contributed by atoms with Crippen LogP contribution >= 0.6 is 0 Å². The summed E-state index contributed by atoms with van der Waals surface area (Å²) in [6, 6.07) is 6.46. The Balaban J connectivity index is 2.89. The van der Waals surface area contributed by atoms with Crippen LogP contribution in [-0.2, 0) is 4.74 Å². The standard InChI is InChI=1S/C14H17FO/c1-4-12(10-11(3)16-5-2)13-6-8-14(15)9-7-13/h6-10H,3-5H2,1-2H3/b12-10+. The third kappa shape index (κ3) is 3.54.